The van der Waals surface area contributed by atoms with Crippen LogP contribution in [0, 0.1) is 0 Å². The number of hydrogen-bond donors (Lipinski definition) is 1. The standard InChI is InChI=1S/C9H18N2OS/c1-8(2)12-6-5-11-9-10-4-3-7-13-9/h8H,3-7H2,1-2H3,(H,10,11). The van der Waals surface area contributed by atoms with Crippen LogP contribution in [0.1, 0.15) is 20.3 Å². The third kappa shape index (κ3) is 5.16. The highest BCUT2D eigenvalue weighted by atomic mass is 32.2. The second kappa shape index (κ2) is 6.27. The Balaban J connectivity index is 2.01. The summed E-state index contributed by atoms with van der Waals surface area (Å²) in [6.07, 6.45) is 1.53. The zero-order chi connectivity index (χ0) is 9.52. The maximum Gasteiger partial charge on any atom is 0.156 e. The number of amidine groups is 1. The molecular weight excluding hydrogens is 184 g/mol. The Bertz CT molecular complexity index is 171. The average Bonchev–Trinajstić information content (AvgIpc) is 2.14. The van der Waals surface area contributed by atoms with Crippen LogP contribution in [0.3, 0.4) is 0 Å². The van der Waals surface area contributed by atoms with Crippen molar-refractivity contribution >= 4 is 16.9 Å². The molecule has 0 aromatic rings. The molecule has 0 atom stereocenters. The predicted molar refractivity (Wildman–Crippen MR) is 58.5 cm³/mol. The van der Waals surface area contributed by atoms with Crippen LogP contribution in [0.4, 0.5) is 0 Å². The first-order valence-corrected chi connectivity index (χ1v) is 5.80. The minimum Gasteiger partial charge on any atom is -0.377 e. The van der Waals surface area contributed by atoms with E-state index in [1.807, 2.05) is 13.8 Å². The molecule has 1 aliphatic rings. The molecule has 0 radical (unpaired) electrons. The first kappa shape index (κ1) is 10.9. The van der Waals surface area contributed by atoms with E-state index >= 15 is 0 Å². The van der Waals surface area contributed by atoms with Crippen molar-refractivity contribution in [2.45, 2.75) is 26.4 Å². The van der Waals surface area contributed by atoms with Crippen LogP contribution in [-0.2, 0) is 4.74 Å². The van der Waals surface area contributed by atoms with Crippen LogP contribution in [-0.4, -0.2) is 36.7 Å². The lowest BCUT2D eigenvalue weighted by molar-refractivity contribution is 0.0831. The quantitative estimate of drug-likeness (QED) is 0.701. The number of rotatable bonds is 4. The summed E-state index contributed by atoms with van der Waals surface area (Å²) in [5.41, 5.74) is 0. The average molecular weight is 202 g/mol. The van der Waals surface area contributed by atoms with Crippen molar-refractivity contribution in [1.29, 1.82) is 0 Å². The van der Waals surface area contributed by atoms with Gasteiger partial charge in [0.1, 0.15) is 0 Å². The lowest BCUT2D eigenvalue weighted by Crippen LogP contribution is -2.27. The van der Waals surface area contributed by atoms with Gasteiger partial charge in [0.25, 0.3) is 0 Å². The smallest absolute Gasteiger partial charge is 0.156 e. The Morgan fingerprint density at radius 1 is 1.62 bits per heavy atom. The van der Waals surface area contributed by atoms with Crippen LogP contribution < -0.4 is 5.32 Å². The molecule has 4 heteroatoms. The molecular formula is C9H18N2OS. The van der Waals surface area contributed by atoms with E-state index in [4.69, 9.17) is 4.74 Å². The monoisotopic (exact) mass is 202 g/mol. The van der Waals surface area contributed by atoms with Gasteiger partial charge in [0, 0.05) is 18.8 Å². The van der Waals surface area contributed by atoms with Crippen molar-refractivity contribution in [3.63, 3.8) is 0 Å². The summed E-state index contributed by atoms with van der Waals surface area (Å²) in [5.74, 6) is 1.19. The highest BCUT2D eigenvalue weighted by Gasteiger charge is 2.04. The molecule has 1 N–H and O–H groups in total. The number of aliphatic imine (C=N–C) groups is 1. The summed E-state index contributed by atoms with van der Waals surface area (Å²) in [5, 5.41) is 4.35. The lowest BCUT2D eigenvalue weighted by Gasteiger charge is -2.13. The molecule has 1 aliphatic heterocycles. The second-order valence-electron chi connectivity index (χ2n) is 3.24. The van der Waals surface area contributed by atoms with Crippen molar-refractivity contribution in [2.75, 3.05) is 25.4 Å². The van der Waals surface area contributed by atoms with Crippen molar-refractivity contribution in [1.82, 2.24) is 5.32 Å². The molecule has 0 unspecified atom stereocenters. The SMILES string of the molecule is CC(C)OCCNC1=NCCCS1. The molecule has 1 heterocycles. The fourth-order valence-corrected chi connectivity index (χ4v) is 1.87. The van der Waals surface area contributed by atoms with Crippen LogP contribution in [0.5, 0.6) is 0 Å². The number of nitrogens with one attached hydrogen (secondary N) is 1. The zero-order valence-corrected chi connectivity index (χ0v) is 9.19. The number of hydrogen-bond acceptors (Lipinski definition) is 4. The molecule has 0 amide bonds. The van der Waals surface area contributed by atoms with Gasteiger partial charge < -0.3 is 10.1 Å². The first-order chi connectivity index (χ1) is 6.29. The summed E-state index contributed by atoms with van der Waals surface area (Å²) >= 11 is 1.81. The van der Waals surface area contributed by atoms with Gasteiger partial charge in [-0.2, -0.15) is 0 Å². The van der Waals surface area contributed by atoms with E-state index in [0.29, 0.717) is 6.10 Å². The Kier molecular flexibility index (Phi) is 5.23. The second-order valence-corrected chi connectivity index (χ2v) is 4.32. The summed E-state index contributed by atoms with van der Waals surface area (Å²) in [6, 6.07) is 0. The summed E-state index contributed by atoms with van der Waals surface area (Å²) in [6.45, 7) is 6.70. The topological polar surface area (TPSA) is 33.6 Å². The zero-order valence-electron chi connectivity index (χ0n) is 8.38. The van der Waals surface area contributed by atoms with Gasteiger partial charge >= 0.3 is 0 Å². The summed E-state index contributed by atoms with van der Waals surface area (Å²) in [4.78, 5) is 4.36. The Morgan fingerprint density at radius 2 is 2.46 bits per heavy atom. The van der Waals surface area contributed by atoms with Crippen LogP contribution in [0.25, 0.3) is 0 Å². The number of thioether (sulfide) groups is 1. The fraction of sp³-hybridized carbons (Fsp3) is 0.889. The van der Waals surface area contributed by atoms with Crippen LogP contribution >= 0.6 is 11.8 Å². The molecule has 0 fully saturated rings. The first-order valence-electron chi connectivity index (χ1n) is 4.82. The molecule has 0 aromatic carbocycles. The molecule has 0 aliphatic carbocycles. The van der Waals surface area contributed by atoms with Crippen molar-refractivity contribution in [3.8, 4) is 0 Å². The van der Waals surface area contributed by atoms with Crippen molar-refractivity contribution < 1.29 is 4.74 Å². The molecule has 76 valence electrons. The van der Waals surface area contributed by atoms with E-state index in [0.717, 1.165) is 24.9 Å². The molecule has 0 aromatic heterocycles. The van der Waals surface area contributed by atoms with Gasteiger partial charge in [0.2, 0.25) is 0 Å². The van der Waals surface area contributed by atoms with Gasteiger partial charge in [-0.25, -0.2) is 0 Å². The normalized spacial score (nSPS) is 17.3. The van der Waals surface area contributed by atoms with Gasteiger partial charge in [-0.15, -0.1) is 0 Å². The molecule has 13 heavy (non-hydrogen) atoms. The number of ether oxygens (including phenoxy) is 1. The minimum atomic E-state index is 0.322. The molecule has 1 rings (SSSR count). The molecule has 0 spiro atoms. The molecule has 0 saturated heterocycles. The van der Waals surface area contributed by atoms with E-state index < -0.39 is 0 Å². The predicted octanol–water partition coefficient (Wildman–Crippen LogP) is 1.49. The van der Waals surface area contributed by atoms with Gasteiger partial charge in [0.05, 0.1) is 12.7 Å². The van der Waals surface area contributed by atoms with E-state index in [1.54, 1.807) is 11.8 Å². The minimum absolute atomic E-state index is 0.322. The van der Waals surface area contributed by atoms with Crippen LogP contribution in [0.15, 0.2) is 4.99 Å². The van der Waals surface area contributed by atoms with Gasteiger partial charge in [-0.05, 0) is 20.3 Å². The third-order valence-corrected chi connectivity index (χ3v) is 2.67. The van der Waals surface area contributed by atoms with E-state index in [-0.39, 0.29) is 0 Å². The van der Waals surface area contributed by atoms with Gasteiger partial charge in [-0.3, -0.25) is 4.99 Å². The van der Waals surface area contributed by atoms with Gasteiger partial charge in [0.15, 0.2) is 5.17 Å². The number of nitrogens with zero attached hydrogens (tertiary/aromatic N) is 1. The van der Waals surface area contributed by atoms with Crippen LogP contribution in [0.2, 0.25) is 0 Å². The highest BCUT2D eigenvalue weighted by Crippen LogP contribution is 2.09. The molecule has 0 bridgehead atoms. The Labute approximate surface area is 84.3 Å². The molecule has 3 nitrogen and oxygen atoms in total. The van der Waals surface area contributed by atoms with E-state index in [1.165, 1.54) is 12.2 Å². The van der Waals surface area contributed by atoms with Gasteiger partial charge in [-0.1, -0.05) is 11.8 Å². The van der Waals surface area contributed by atoms with Crippen molar-refractivity contribution in [3.05, 3.63) is 0 Å². The van der Waals surface area contributed by atoms with E-state index in [9.17, 15) is 0 Å². The van der Waals surface area contributed by atoms with E-state index in [2.05, 4.69) is 10.3 Å². The molecule has 0 saturated carbocycles. The lowest BCUT2D eigenvalue weighted by atomic mass is 10.5. The maximum absolute atomic E-state index is 5.41. The Hall–Kier alpha value is -0.220. The van der Waals surface area contributed by atoms with Crippen molar-refractivity contribution in [2.24, 2.45) is 4.99 Å². The maximum atomic E-state index is 5.41. The largest absolute Gasteiger partial charge is 0.377 e. The summed E-state index contributed by atoms with van der Waals surface area (Å²) < 4.78 is 5.41. The fourth-order valence-electron chi connectivity index (χ4n) is 1.02. The highest BCUT2D eigenvalue weighted by molar-refractivity contribution is 8.13. The third-order valence-electron chi connectivity index (χ3n) is 1.63. The summed E-state index contributed by atoms with van der Waals surface area (Å²) in [7, 11) is 0. The Morgan fingerprint density at radius 3 is 3.08 bits per heavy atom.